The van der Waals surface area contributed by atoms with E-state index in [1.54, 1.807) is 0 Å². The second-order valence-corrected chi connectivity index (χ2v) is 6.04. The number of piperidine rings is 1. The monoisotopic (exact) mass is 279 g/mol. The standard InChI is InChI=1S/C16H22ClNO/c17-10-13-4-3-8-18(11-13)12-16-15-6-2-1-5-14(15)7-9-19-16/h1-2,5-6,13,16H,3-4,7-12H2. The number of halogens is 1. The minimum atomic E-state index is 0.249. The fraction of sp³-hybridized carbons (Fsp3) is 0.625. The van der Waals surface area contributed by atoms with Crippen molar-refractivity contribution in [3.05, 3.63) is 35.4 Å². The van der Waals surface area contributed by atoms with E-state index in [1.807, 2.05) is 0 Å². The minimum absolute atomic E-state index is 0.249. The van der Waals surface area contributed by atoms with E-state index < -0.39 is 0 Å². The van der Waals surface area contributed by atoms with E-state index in [1.165, 1.54) is 30.5 Å². The van der Waals surface area contributed by atoms with Crippen LogP contribution in [0.25, 0.3) is 0 Å². The van der Waals surface area contributed by atoms with Gasteiger partial charge in [-0.25, -0.2) is 0 Å². The van der Waals surface area contributed by atoms with Gasteiger partial charge in [0.15, 0.2) is 0 Å². The molecule has 2 aliphatic rings. The van der Waals surface area contributed by atoms with Crippen molar-refractivity contribution in [3.63, 3.8) is 0 Å². The Bertz CT molecular complexity index is 423. The Kier molecular flexibility index (Phi) is 4.42. The summed E-state index contributed by atoms with van der Waals surface area (Å²) >= 11 is 6.01. The van der Waals surface area contributed by atoms with Gasteiger partial charge in [-0.3, -0.25) is 0 Å². The lowest BCUT2D eigenvalue weighted by atomic mass is 9.95. The number of ether oxygens (including phenoxy) is 1. The molecule has 0 saturated carbocycles. The summed E-state index contributed by atoms with van der Waals surface area (Å²) < 4.78 is 6.00. The van der Waals surface area contributed by atoms with Crippen molar-refractivity contribution in [3.8, 4) is 0 Å². The Morgan fingerprint density at radius 1 is 1.32 bits per heavy atom. The highest BCUT2D eigenvalue weighted by molar-refractivity contribution is 6.18. The van der Waals surface area contributed by atoms with Gasteiger partial charge in [-0.05, 0) is 42.9 Å². The van der Waals surface area contributed by atoms with Crippen molar-refractivity contribution in [2.75, 3.05) is 32.1 Å². The Balaban J connectivity index is 1.67. The average molecular weight is 280 g/mol. The summed E-state index contributed by atoms with van der Waals surface area (Å²) in [6.45, 7) is 4.19. The van der Waals surface area contributed by atoms with Gasteiger partial charge in [0.05, 0.1) is 12.7 Å². The summed E-state index contributed by atoms with van der Waals surface area (Å²) in [4.78, 5) is 2.53. The molecule has 2 atom stereocenters. The molecule has 0 amide bonds. The zero-order valence-corrected chi connectivity index (χ0v) is 12.1. The molecule has 0 bridgehead atoms. The number of rotatable bonds is 3. The van der Waals surface area contributed by atoms with Crippen LogP contribution in [0.1, 0.15) is 30.1 Å². The van der Waals surface area contributed by atoms with Crippen LogP contribution in [0.2, 0.25) is 0 Å². The smallest absolute Gasteiger partial charge is 0.0954 e. The number of nitrogens with zero attached hydrogens (tertiary/aromatic N) is 1. The van der Waals surface area contributed by atoms with Crippen molar-refractivity contribution in [2.24, 2.45) is 5.92 Å². The van der Waals surface area contributed by atoms with Gasteiger partial charge >= 0.3 is 0 Å². The average Bonchev–Trinajstić information content (AvgIpc) is 2.48. The molecule has 19 heavy (non-hydrogen) atoms. The van der Waals surface area contributed by atoms with Gasteiger partial charge in [0.2, 0.25) is 0 Å². The number of hydrogen-bond donors (Lipinski definition) is 0. The largest absolute Gasteiger partial charge is 0.372 e. The number of alkyl halides is 1. The maximum absolute atomic E-state index is 6.01. The molecule has 0 spiro atoms. The molecule has 0 aromatic heterocycles. The first-order valence-electron chi connectivity index (χ1n) is 7.34. The molecule has 1 aromatic rings. The van der Waals surface area contributed by atoms with E-state index in [9.17, 15) is 0 Å². The van der Waals surface area contributed by atoms with Crippen LogP contribution < -0.4 is 0 Å². The van der Waals surface area contributed by atoms with E-state index in [0.29, 0.717) is 5.92 Å². The normalized spacial score (nSPS) is 28.1. The van der Waals surface area contributed by atoms with Crippen LogP contribution in [0, 0.1) is 5.92 Å². The molecule has 2 nitrogen and oxygen atoms in total. The molecule has 3 heteroatoms. The molecule has 104 valence electrons. The summed E-state index contributed by atoms with van der Waals surface area (Å²) in [6.07, 6.45) is 3.85. The van der Waals surface area contributed by atoms with Gasteiger partial charge in [-0.15, -0.1) is 11.6 Å². The highest BCUT2D eigenvalue weighted by Crippen LogP contribution is 2.29. The zero-order valence-electron chi connectivity index (χ0n) is 11.4. The molecule has 2 heterocycles. The van der Waals surface area contributed by atoms with Crippen LogP contribution >= 0.6 is 11.6 Å². The molecule has 0 N–H and O–H groups in total. The molecule has 3 rings (SSSR count). The maximum atomic E-state index is 6.01. The van der Waals surface area contributed by atoms with Gasteiger partial charge in [-0.1, -0.05) is 24.3 Å². The highest BCUT2D eigenvalue weighted by atomic mass is 35.5. The molecule has 1 fully saturated rings. The Labute approximate surface area is 120 Å². The van der Waals surface area contributed by atoms with Gasteiger partial charge in [0.25, 0.3) is 0 Å². The molecule has 1 saturated heterocycles. The lowest BCUT2D eigenvalue weighted by molar-refractivity contribution is 0.00786. The first-order chi connectivity index (χ1) is 9.36. The van der Waals surface area contributed by atoms with E-state index in [2.05, 4.69) is 29.2 Å². The van der Waals surface area contributed by atoms with Crippen molar-refractivity contribution >= 4 is 11.6 Å². The van der Waals surface area contributed by atoms with Crippen molar-refractivity contribution in [1.29, 1.82) is 0 Å². The predicted octanol–water partition coefficient (Wildman–Crippen LogP) is 3.25. The van der Waals surface area contributed by atoms with E-state index >= 15 is 0 Å². The third-order valence-electron chi connectivity index (χ3n) is 4.34. The minimum Gasteiger partial charge on any atom is -0.372 e. The number of hydrogen-bond acceptors (Lipinski definition) is 2. The Morgan fingerprint density at radius 3 is 3.11 bits per heavy atom. The second kappa shape index (κ2) is 6.25. The Hall–Kier alpha value is -0.570. The lowest BCUT2D eigenvalue weighted by Crippen LogP contribution is -2.39. The first-order valence-corrected chi connectivity index (χ1v) is 7.88. The third-order valence-corrected chi connectivity index (χ3v) is 4.77. The first kappa shape index (κ1) is 13.4. The van der Waals surface area contributed by atoms with Crippen LogP contribution in [-0.4, -0.2) is 37.0 Å². The number of likely N-dealkylation sites (tertiary alicyclic amines) is 1. The summed E-state index contributed by atoms with van der Waals surface area (Å²) in [5.74, 6) is 1.45. The molecular formula is C16H22ClNO. The van der Waals surface area contributed by atoms with Crippen molar-refractivity contribution < 1.29 is 4.74 Å². The van der Waals surface area contributed by atoms with Crippen molar-refractivity contribution in [2.45, 2.75) is 25.4 Å². The van der Waals surface area contributed by atoms with Gasteiger partial charge in [0, 0.05) is 19.0 Å². The van der Waals surface area contributed by atoms with Crippen LogP contribution in [-0.2, 0) is 11.2 Å². The molecular weight excluding hydrogens is 258 g/mol. The molecule has 2 unspecified atom stereocenters. The van der Waals surface area contributed by atoms with Gasteiger partial charge in [-0.2, -0.15) is 0 Å². The zero-order chi connectivity index (χ0) is 13.1. The van der Waals surface area contributed by atoms with Crippen LogP contribution in [0.4, 0.5) is 0 Å². The highest BCUT2D eigenvalue weighted by Gasteiger charge is 2.26. The SMILES string of the molecule is ClCC1CCCN(CC2OCCc3ccccc32)C1. The topological polar surface area (TPSA) is 12.5 Å². The summed E-state index contributed by atoms with van der Waals surface area (Å²) in [5, 5.41) is 0. The maximum Gasteiger partial charge on any atom is 0.0954 e. The van der Waals surface area contributed by atoms with Gasteiger partial charge in [0.1, 0.15) is 0 Å². The predicted molar refractivity (Wildman–Crippen MR) is 78.7 cm³/mol. The molecule has 2 aliphatic heterocycles. The van der Waals surface area contributed by atoms with Crippen LogP contribution in [0.3, 0.4) is 0 Å². The number of benzene rings is 1. The van der Waals surface area contributed by atoms with E-state index in [4.69, 9.17) is 16.3 Å². The number of fused-ring (bicyclic) bond motifs is 1. The Morgan fingerprint density at radius 2 is 2.21 bits per heavy atom. The van der Waals surface area contributed by atoms with E-state index in [-0.39, 0.29) is 6.10 Å². The van der Waals surface area contributed by atoms with E-state index in [0.717, 1.165) is 32.0 Å². The summed E-state index contributed by atoms with van der Waals surface area (Å²) in [7, 11) is 0. The molecule has 0 radical (unpaired) electrons. The van der Waals surface area contributed by atoms with Gasteiger partial charge < -0.3 is 9.64 Å². The summed E-state index contributed by atoms with van der Waals surface area (Å²) in [6, 6.07) is 8.72. The van der Waals surface area contributed by atoms with Crippen LogP contribution in [0.5, 0.6) is 0 Å². The quantitative estimate of drug-likeness (QED) is 0.788. The van der Waals surface area contributed by atoms with Crippen LogP contribution in [0.15, 0.2) is 24.3 Å². The van der Waals surface area contributed by atoms with Crippen molar-refractivity contribution in [1.82, 2.24) is 4.90 Å². The summed E-state index contributed by atoms with van der Waals surface area (Å²) in [5.41, 5.74) is 2.85. The second-order valence-electron chi connectivity index (χ2n) is 5.73. The molecule has 0 aliphatic carbocycles. The third kappa shape index (κ3) is 3.13. The fourth-order valence-corrected chi connectivity index (χ4v) is 3.56. The lowest BCUT2D eigenvalue weighted by Gasteiger charge is -2.36. The molecule has 1 aromatic carbocycles. The fourth-order valence-electron chi connectivity index (χ4n) is 3.31.